The van der Waals surface area contributed by atoms with Gasteiger partial charge in [-0.1, -0.05) is 13.3 Å². The average Bonchev–Trinajstić information content (AvgIpc) is 2.32. The van der Waals surface area contributed by atoms with Gasteiger partial charge >= 0.3 is 0 Å². The molecule has 1 atom stereocenters. The van der Waals surface area contributed by atoms with E-state index in [-0.39, 0.29) is 11.1 Å². The SMILES string of the molecule is CCC1CCCN(c2nc(Cl)ncc2F)C1. The minimum atomic E-state index is -0.388. The molecule has 2 rings (SSSR count). The van der Waals surface area contributed by atoms with Gasteiger partial charge in [0.25, 0.3) is 0 Å². The number of hydrogen-bond donors (Lipinski definition) is 0. The Labute approximate surface area is 99.6 Å². The first kappa shape index (κ1) is 11.6. The maximum atomic E-state index is 13.6. The van der Waals surface area contributed by atoms with Gasteiger partial charge in [0.1, 0.15) is 0 Å². The van der Waals surface area contributed by atoms with E-state index in [0.717, 1.165) is 32.1 Å². The predicted octanol–water partition coefficient (Wildman–Crippen LogP) is 2.90. The van der Waals surface area contributed by atoms with E-state index in [1.54, 1.807) is 0 Å². The highest BCUT2D eigenvalue weighted by Crippen LogP contribution is 2.25. The Bertz CT molecular complexity index is 372. The molecule has 0 N–H and O–H groups in total. The van der Waals surface area contributed by atoms with Crippen LogP contribution in [-0.4, -0.2) is 23.1 Å². The van der Waals surface area contributed by atoms with Crippen LogP contribution in [0.4, 0.5) is 10.2 Å². The number of halogens is 2. The minimum Gasteiger partial charge on any atom is -0.354 e. The number of aromatic nitrogens is 2. The third kappa shape index (κ3) is 2.43. The van der Waals surface area contributed by atoms with Gasteiger partial charge in [0, 0.05) is 13.1 Å². The summed E-state index contributed by atoms with van der Waals surface area (Å²) in [5.74, 6) is 0.584. The summed E-state index contributed by atoms with van der Waals surface area (Å²) in [6.07, 6.45) is 4.56. The van der Waals surface area contributed by atoms with Crippen molar-refractivity contribution >= 4 is 17.4 Å². The summed E-state index contributed by atoms with van der Waals surface area (Å²) in [6, 6.07) is 0. The number of piperidine rings is 1. The van der Waals surface area contributed by atoms with Crippen LogP contribution in [0.25, 0.3) is 0 Å². The van der Waals surface area contributed by atoms with Crippen LogP contribution < -0.4 is 4.90 Å². The van der Waals surface area contributed by atoms with Crippen LogP contribution in [0.15, 0.2) is 6.20 Å². The smallest absolute Gasteiger partial charge is 0.224 e. The zero-order valence-corrected chi connectivity index (χ0v) is 10.0. The molecule has 1 fully saturated rings. The van der Waals surface area contributed by atoms with Crippen LogP contribution in [0.2, 0.25) is 5.28 Å². The Balaban J connectivity index is 2.19. The van der Waals surface area contributed by atoms with Gasteiger partial charge < -0.3 is 4.90 Å². The Morgan fingerprint density at radius 3 is 3.19 bits per heavy atom. The molecular formula is C11H15ClFN3. The predicted molar refractivity (Wildman–Crippen MR) is 62.2 cm³/mol. The number of nitrogens with zero attached hydrogens (tertiary/aromatic N) is 3. The van der Waals surface area contributed by atoms with Gasteiger partial charge in [0.15, 0.2) is 11.6 Å². The monoisotopic (exact) mass is 243 g/mol. The van der Waals surface area contributed by atoms with E-state index in [9.17, 15) is 4.39 Å². The van der Waals surface area contributed by atoms with E-state index in [4.69, 9.17) is 11.6 Å². The highest BCUT2D eigenvalue weighted by atomic mass is 35.5. The fourth-order valence-electron chi connectivity index (χ4n) is 2.15. The first-order valence-electron chi connectivity index (χ1n) is 5.63. The molecule has 0 saturated carbocycles. The van der Waals surface area contributed by atoms with Crippen LogP contribution in [-0.2, 0) is 0 Å². The molecule has 0 radical (unpaired) electrons. The first-order chi connectivity index (χ1) is 7.70. The van der Waals surface area contributed by atoms with Gasteiger partial charge in [-0.15, -0.1) is 0 Å². The zero-order valence-electron chi connectivity index (χ0n) is 9.29. The Hall–Kier alpha value is -0.900. The molecule has 0 aliphatic carbocycles. The topological polar surface area (TPSA) is 29.0 Å². The van der Waals surface area contributed by atoms with Crippen molar-refractivity contribution in [3.8, 4) is 0 Å². The molecule has 1 saturated heterocycles. The van der Waals surface area contributed by atoms with Crippen LogP contribution in [0.5, 0.6) is 0 Å². The van der Waals surface area contributed by atoms with Crippen LogP contribution in [0.3, 0.4) is 0 Å². The fraction of sp³-hybridized carbons (Fsp3) is 0.636. The van der Waals surface area contributed by atoms with Gasteiger partial charge in [-0.2, -0.15) is 4.98 Å². The van der Waals surface area contributed by atoms with Crippen molar-refractivity contribution in [2.45, 2.75) is 26.2 Å². The number of anilines is 1. The summed E-state index contributed by atoms with van der Waals surface area (Å²) < 4.78 is 13.6. The molecular weight excluding hydrogens is 229 g/mol. The summed E-state index contributed by atoms with van der Waals surface area (Å²) in [7, 11) is 0. The molecule has 1 aliphatic heterocycles. The standard InChI is InChI=1S/C11H15ClFN3/c1-2-8-4-3-5-16(7-8)10-9(13)6-14-11(12)15-10/h6,8H,2-5,7H2,1H3. The molecule has 0 amide bonds. The quantitative estimate of drug-likeness (QED) is 0.748. The Morgan fingerprint density at radius 2 is 2.44 bits per heavy atom. The summed E-state index contributed by atoms with van der Waals surface area (Å²) >= 11 is 5.69. The summed E-state index contributed by atoms with van der Waals surface area (Å²) in [4.78, 5) is 9.57. The second-order valence-corrected chi connectivity index (χ2v) is 4.51. The molecule has 88 valence electrons. The van der Waals surface area contributed by atoms with E-state index in [1.165, 1.54) is 6.42 Å². The third-order valence-corrected chi connectivity index (χ3v) is 3.27. The zero-order chi connectivity index (χ0) is 11.5. The summed E-state index contributed by atoms with van der Waals surface area (Å²) in [5.41, 5.74) is 0. The fourth-order valence-corrected chi connectivity index (χ4v) is 2.28. The molecule has 5 heteroatoms. The van der Waals surface area contributed by atoms with E-state index in [2.05, 4.69) is 16.9 Å². The Kier molecular flexibility index (Phi) is 3.59. The molecule has 0 spiro atoms. The average molecular weight is 244 g/mol. The molecule has 2 heterocycles. The lowest BCUT2D eigenvalue weighted by Crippen LogP contribution is -2.36. The molecule has 1 unspecified atom stereocenters. The van der Waals surface area contributed by atoms with Gasteiger partial charge in [-0.25, -0.2) is 9.37 Å². The number of rotatable bonds is 2. The van der Waals surface area contributed by atoms with Crippen molar-refractivity contribution in [3.05, 3.63) is 17.3 Å². The molecule has 0 bridgehead atoms. The van der Waals surface area contributed by atoms with Gasteiger partial charge in [-0.3, -0.25) is 0 Å². The Morgan fingerprint density at radius 1 is 1.62 bits per heavy atom. The maximum absolute atomic E-state index is 13.6. The van der Waals surface area contributed by atoms with Crippen LogP contribution >= 0.6 is 11.6 Å². The van der Waals surface area contributed by atoms with Crippen molar-refractivity contribution in [3.63, 3.8) is 0 Å². The van der Waals surface area contributed by atoms with Crippen molar-refractivity contribution in [1.82, 2.24) is 9.97 Å². The lowest BCUT2D eigenvalue weighted by atomic mass is 9.96. The van der Waals surface area contributed by atoms with Crippen molar-refractivity contribution in [1.29, 1.82) is 0 Å². The second-order valence-electron chi connectivity index (χ2n) is 4.17. The third-order valence-electron chi connectivity index (χ3n) is 3.09. The molecule has 1 aromatic heterocycles. The summed E-state index contributed by atoms with van der Waals surface area (Å²) in [6.45, 7) is 3.87. The lowest BCUT2D eigenvalue weighted by Gasteiger charge is -2.33. The van der Waals surface area contributed by atoms with Gasteiger partial charge in [0.2, 0.25) is 5.28 Å². The van der Waals surface area contributed by atoms with Crippen molar-refractivity contribution in [2.24, 2.45) is 5.92 Å². The maximum Gasteiger partial charge on any atom is 0.224 e. The normalized spacial score (nSPS) is 21.2. The van der Waals surface area contributed by atoms with E-state index >= 15 is 0 Å². The lowest BCUT2D eigenvalue weighted by molar-refractivity contribution is 0.399. The van der Waals surface area contributed by atoms with Crippen molar-refractivity contribution < 1.29 is 4.39 Å². The molecule has 16 heavy (non-hydrogen) atoms. The largest absolute Gasteiger partial charge is 0.354 e. The molecule has 1 aliphatic rings. The van der Waals surface area contributed by atoms with Gasteiger partial charge in [0.05, 0.1) is 6.20 Å². The van der Waals surface area contributed by atoms with Crippen molar-refractivity contribution in [2.75, 3.05) is 18.0 Å². The second kappa shape index (κ2) is 4.95. The highest BCUT2D eigenvalue weighted by Gasteiger charge is 2.22. The first-order valence-corrected chi connectivity index (χ1v) is 6.01. The van der Waals surface area contributed by atoms with Crippen LogP contribution in [0.1, 0.15) is 26.2 Å². The van der Waals surface area contributed by atoms with Gasteiger partial charge in [-0.05, 0) is 30.4 Å². The van der Waals surface area contributed by atoms with E-state index < -0.39 is 0 Å². The molecule has 3 nitrogen and oxygen atoms in total. The molecule has 1 aromatic rings. The van der Waals surface area contributed by atoms with Crippen LogP contribution in [0, 0.1) is 11.7 Å². The van der Waals surface area contributed by atoms with E-state index in [0.29, 0.717) is 11.7 Å². The minimum absolute atomic E-state index is 0.107. The molecule has 0 aromatic carbocycles. The summed E-state index contributed by atoms with van der Waals surface area (Å²) in [5, 5.41) is 0.107. The highest BCUT2D eigenvalue weighted by molar-refractivity contribution is 6.28. The van der Waals surface area contributed by atoms with E-state index in [1.807, 2.05) is 4.90 Å². The number of hydrogen-bond acceptors (Lipinski definition) is 3.